The highest BCUT2D eigenvalue weighted by Gasteiger charge is 2.32. The summed E-state index contributed by atoms with van der Waals surface area (Å²) >= 11 is 0. The molecule has 1 aliphatic heterocycles. The molecule has 1 aromatic rings. The van der Waals surface area contributed by atoms with Crippen LogP contribution in [0.25, 0.3) is 0 Å². The van der Waals surface area contributed by atoms with E-state index in [1.54, 1.807) is 12.1 Å². The van der Waals surface area contributed by atoms with Crippen LogP contribution in [-0.4, -0.2) is 84.3 Å². The van der Waals surface area contributed by atoms with Crippen LogP contribution in [0.2, 0.25) is 13.1 Å². The van der Waals surface area contributed by atoms with Gasteiger partial charge in [0.15, 0.2) is 0 Å². The number of hydrogen-bond acceptors (Lipinski definition) is 7. The maximum Gasteiger partial charge on any atom is 0.343 e. The molecule has 154 valence electrons. The fourth-order valence-corrected chi connectivity index (χ4v) is 3.09. The number of aromatic hydroxyl groups is 1. The number of rotatable bonds is 11. The monoisotopic (exact) mass is 393 g/mol. The number of aryl methyl sites for hydroxylation is 1. The molecule has 0 bridgehead atoms. The van der Waals surface area contributed by atoms with Crippen molar-refractivity contribution in [2.75, 3.05) is 32.8 Å². The molecule has 1 amide bonds. The predicted octanol–water partition coefficient (Wildman–Crippen LogP) is -0.965. The van der Waals surface area contributed by atoms with E-state index >= 15 is 0 Å². The topological polar surface area (TPSA) is 145 Å². The minimum absolute atomic E-state index is 0.139. The van der Waals surface area contributed by atoms with Crippen molar-refractivity contribution in [3.63, 3.8) is 0 Å². The van der Waals surface area contributed by atoms with Crippen LogP contribution in [0, 0.1) is 0 Å². The Morgan fingerprint density at radius 3 is 2.75 bits per heavy atom. The minimum atomic E-state index is -1.23. The molecule has 1 aromatic carbocycles. The molecular formula is C18H28BN3O6. The lowest BCUT2D eigenvalue weighted by Crippen LogP contribution is -2.59. The SMILES string of the molecule is CBCCc1ccc(OC2CN(CC(N)C(=O)NCCO)C2)c(C(=O)O)c1O. The number of aliphatic hydroxyl groups is 1. The molecule has 10 heteroatoms. The second-order valence-electron chi connectivity index (χ2n) is 6.93. The first kappa shape index (κ1) is 22.0. The number of phenols is 1. The molecular weight excluding hydrogens is 365 g/mol. The van der Waals surface area contributed by atoms with Crippen molar-refractivity contribution < 1.29 is 29.6 Å². The number of aromatic carboxylic acids is 1. The molecule has 1 fully saturated rings. The van der Waals surface area contributed by atoms with E-state index in [0.29, 0.717) is 31.6 Å². The summed E-state index contributed by atoms with van der Waals surface area (Å²) in [6.07, 6.45) is 1.22. The number of nitrogens with zero attached hydrogens (tertiary/aromatic N) is 1. The molecule has 2 rings (SSSR count). The average Bonchev–Trinajstić information content (AvgIpc) is 2.63. The number of hydrogen-bond donors (Lipinski definition) is 5. The first-order chi connectivity index (χ1) is 13.4. The van der Waals surface area contributed by atoms with Gasteiger partial charge in [0, 0.05) is 26.2 Å². The second-order valence-corrected chi connectivity index (χ2v) is 6.93. The van der Waals surface area contributed by atoms with Gasteiger partial charge >= 0.3 is 5.97 Å². The van der Waals surface area contributed by atoms with E-state index in [4.69, 9.17) is 15.6 Å². The van der Waals surface area contributed by atoms with E-state index < -0.39 is 12.0 Å². The third kappa shape index (κ3) is 5.60. The number of carbonyl (C=O) groups excluding carboxylic acids is 1. The van der Waals surface area contributed by atoms with E-state index in [1.807, 2.05) is 11.7 Å². The molecule has 9 nitrogen and oxygen atoms in total. The number of benzene rings is 1. The molecule has 1 aliphatic rings. The highest BCUT2D eigenvalue weighted by Crippen LogP contribution is 2.33. The van der Waals surface area contributed by atoms with Crippen LogP contribution < -0.4 is 15.8 Å². The van der Waals surface area contributed by atoms with Crippen molar-refractivity contribution >= 4 is 19.2 Å². The van der Waals surface area contributed by atoms with Crippen molar-refractivity contribution in [3.05, 3.63) is 23.3 Å². The number of nitrogens with one attached hydrogen (secondary N) is 1. The molecule has 0 radical (unpaired) electrons. The summed E-state index contributed by atoms with van der Waals surface area (Å²) < 4.78 is 5.76. The average molecular weight is 393 g/mol. The van der Waals surface area contributed by atoms with Crippen LogP contribution in [0.15, 0.2) is 12.1 Å². The van der Waals surface area contributed by atoms with Gasteiger partial charge in [0.1, 0.15) is 30.4 Å². The maximum atomic E-state index is 11.7. The van der Waals surface area contributed by atoms with Crippen molar-refractivity contribution in [1.29, 1.82) is 0 Å². The first-order valence-electron chi connectivity index (χ1n) is 9.48. The third-order valence-corrected chi connectivity index (χ3v) is 4.66. The van der Waals surface area contributed by atoms with Gasteiger partial charge in [-0.2, -0.15) is 0 Å². The van der Waals surface area contributed by atoms with E-state index in [9.17, 15) is 19.8 Å². The summed E-state index contributed by atoms with van der Waals surface area (Å²) in [4.78, 5) is 25.2. The van der Waals surface area contributed by atoms with E-state index in [2.05, 4.69) is 5.32 Å². The number of amides is 1. The number of aliphatic hydroxyl groups excluding tert-OH is 1. The first-order valence-corrected chi connectivity index (χ1v) is 9.48. The fraction of sp³-hybridized carbons (Fsp3) is 0.556. The Kier molecular flexibility index (Phi) is 8.10. The van der Waals surface area contributed by atoms with Gasteiger partial charge in [-0.1, -0.05) is 19.2 Å². The summed E-state index contributed by atoms with van der Waals surface area (Å²) in [6, 6.07) is 2.57. The Bertz CT molecular complexity index is 696. The maximum absolute atomic E-state index is 11.7. The summed E-state index contributed by atoms with van der Waals surface area (Å²) in [5, 5.41) is 31.0. The molecule has 1 heterocycles. The standard InChI is InChI=1S/C18H28BN3O6/c1-19-5-4-11-2-3-14(15(16(11)24)18(26)27)28-12-8-22(9-12)10-13(20)17(25)21-6-7-23/h2-3,12-13,19,23-24H,4-10,20H2,1H3,(H,21,25)(H,26,27). The van der Waals surface area contributed by atoms with E-state index in [-0.39, 0.29) is 42.2 Å². The van der Waals surface area contributed by atoms with Crippen LogP contribution in [-0.2, 0) is 11.2 Å². The molecule has 0 aromatic heterocycles. The van der Waals surface area contributed by atoms with Crippen molar-refractivity contribution in [1.82, 2.24) is 10.2 Å². The number of likely N-dealkylation sites (tertiary alicyclic amines) is 1. The lowest BCUT2D eigenvalue weighted by atomic mass is 9.75. The van der Waals surface area contributed by atoms with Crippen molar-refractivity contribution in [2.45, 2.75) is 31.7 Å². The zero-order chi connectivity index (χ0) is 20.7. The zero-order valence-electron chi connectivity index (χ0n) is 16.1. The molecule has 6 N–H and O–H groups in total. The van der Waals surface area contributed by atoms with Gasteiger partial charge in [0.05, 0.1) is 12.6 Å². The van der Waals surface area contributed by atoms with Gasteiger partial charge in [0.25, 0.3) is 0 Å². The number of carboxylic acid groups (broad SMARTS) is 1. The Morgan fingerprint density at radius 2 is 2.14 bits per heavy atom. The van der Waals surface area contributed by atoms with Gasteiger partial charge < -0.3 is 31.1 Å². The van der Waals surface area contributed by atoms with Crippen LogP contribution >= 0.6 is 0 Å². The van der Waals surface area contributed by atoms with Crippen LogP contribution in [0.5, 0.6) is 11.5 Å². The van der Waals surface area contributed by atoms with Crippen molar-refractivity contribution in [2.24, 2.45) is 5.73 Å². The minimum Gasteiger partial charge on any atom is -0.507 e. The molecule has 1 atom stereocenters. The third-order valence-electron chi connectivity index (χ3n) is 4.66. The largest absolute Gasteiger partial charge is 0.507 e. The van der Waals surface area contributed by atoms with Crippen molar-refractivity contribution in [3.8, 4) is 11.5 Å². The highest BCUT2D eigenvalue weighted by molar-refractivity contribution is 6.33. The van der Waals surface area contributed by atoms with Gasteiger partial charge in [-0.05, 0) is 18.1 Å². The quantitative estimate of drug-likeness (QED) is 0.302. The van der Waals surface area contributed by atoms with Gasteiger partial charge in [-0.15, -0.1) is 0 Å². The lowest BCUT2D eigenvalue weighted by Gasteiger charge is -2.40. The Hall–Kier alpha value is -2.30. The van der Waals surface area contributed by atoms with Crippen LogP contribution in [0.1, 0.15) is 15.9 Å². The summed E-state index contributed by atoms with van der Waals surface area (Å²) in [5.41, 5.74) is 6.20. The molecule has 1 saturated heterocycles. The Labute approximate surface area is 164 Å². The number of nitrogens with two attached hydrogens (primary N) is 1. The normalized spacial score (nSPS) is 15.5. The van der Waals surface area contributed by atoms with Crippen LogP contribution in [0.3, 0.4) is 0 Å². The van der Waals surface area contributed by atoms with E-state index in [1.165, 1.54) is 0 Å². The zero-order valence-corrected chi connectivity index (χ0v) is 16.1. The number of ether oxygens (including phenoxy) is 1. The summed E-state index contributed by atoms with van der Waals surface area (Å²) in [7, 11) is 0.943. The Morgan fingerprint density at radius 1 is 1.43 bits per heavy atom. The van der Waals surface area contributed by atoms with Gasteiger partial charge in [0.2, 0.25) is 5.91 Å². The second kappa shape index (κ2) is 10.3. The van der Waals surface area contributed by atoms with Crippen LogP contribution in [0.4, 0.5) is 0 Å². The molecule has 0 aliphatic carbocycles. The lowest BCUT2D eigenvalue weighted by molar-refractivity contribution is -0.123. The summed E-state index contributed by atoms with van der Waals surface area (Å²) in [5.74, 6) is -1.67. The summed E-state index contributed by atoms with van der Waals surface area (Å²) in [6.45, 7) is 3.38. The number of carboxylic acids is 1. The van der Waals surface area contributed by atoms with Gasteiger partial charge in [-0.25, -0.2) is 4.79 Å². The molecule has 1 unspecified atom stereocenters. The smallest absolute Gasteiger partial charge is 0.343 e. The molecule has 28 heavy (non-hydrogen) atoms. The van der Waals surface area contributed by atoms with E-state index in [0.717, 1.165) is 13.6 Å². The number of carbonyl (C=O) groups is 2. The van der Waals surface area contributed by atoms with Gasteiger partial charge in [-0.3, -0.25) is 9.69 Å². The molecule has 0 spiro atoms. The Balaban J connectivity index is 1.92. The highest BCUT2D eigenvalue weighted by atomic mass is 16.5. The fourth-order valence-electron chi connectivity index (χ4n) is 3.09. The molecule has 0 saturated carbocycles. The predicted molar refractivity (Wildman–Crippen MR) is 106 cm³/mol.